The van der Waals surface area contributed by atoms with Crippen LogP contribution in [-0.2, 0) is 16.1 Å². The van der Waals surface area contributed by atoms with Gasteiger partial charge in [0.2, 0.25) is 11.8 Å². The number of para-hydroxylation sites is 1. The molecule has 4 aliphatic carbocycles. The number of benzene rings is 1. The zero-order chi connectivity index (χ0) is 20.2. The first-order valence-corrected chi connectivity index (χ1v) is 11.6. The maximum absolute atomic E-state index is 13.2. The Labute approximate surface area is 175 Å². The zero-order valence-electron chi connectivity index (χ0n) is 17.2. The zero-order valence-corrected chi connectivity index (χ0v) is 18.0. The molecule has 4 bridgehead atoms. The minimum Gasteiger partial charge on any atom is -0.344 e. The fraction of sp³-hybridized carbons (Fsp3) is 0.609. The summed E-state index contributed by atoms with van der Waals surface area (Å²) in [6.07, 6.45) is 7.00. The second-order valence-corrected chi connectivity index (χ2v) is 10.8. The Morgan fingerprint density at radius 2 is 1.79 bits per heavy atom. The molecular formula is C23H29N3O2S. The Hall–Kier alpha value is -1.95. The van der Waals surface area contributed by atoms with Crippen LogP contribution in [0.15, 0.2) is 24.3 Å². The van der Waals surface area contributed by atoms with Crippen LogP contribution < -0.4 is 5.32 Å². The second-order valence-electron chi connectivity index (χ2n) is 9.66. The SMILES string of the molecule is C[C@H](NC(=O)C12CC3CC(CC(C3)C1)C2)C(=O)N(C)Cc1nc2ccccc2s1. The number of aromatic nitrogens is 1. The number of nitrogens with one attached hydrogen (secondary N) is 1. The number of carbonyl (C=O) groups excluding carboxylic acids is 2. The molecule has 4 aliphatic rings. The van der Waals surface area contributed by atoms with Crippen molar-refractivity contribution in [1.29, 1.82) is 0 Å². The number of thiazole rings is 1. The monoisotopic (exact) mass is 411 g/mol. The summed E-state index contributed by atoms with van der Waals surface area (Å²) in [7, 11) is 1.79. The predicted molar refractivity (Wildman–Crippen MR) is 114 cm³/mol. The van der Waals surface area contributed by atoms with E-state index in [1.54, 1.807) is 23.3 Å². The molecule has 1 aromatic heterocycles. The van der Waals surface area contributed by atoms with Crippen LogP contribution in [-0.4, -0.2) is 34.8 Å². The molecule has 6 rings (SSSR count). The van der Waals surface area contributed by atoms with Gasteiger partial charge in [0.15, 0.2) is 0 Å². The molecule has 2 aromatic rings. The van der Waals surface area contributed by atoms with Gasteiger partial charge < -0.3 is 10.2 Å². The third kappa shape index (κ3) is 3.45. The van der Waals surface area contributed by atoms with Crippen LogP contribution in [0.25, 0.3) is 10.2 Å². The summed E-state index contributed by atoms with van der Waals surface area (Å²) >= 11 is 1.61. The molecule has 1 atom stereocenters. The molecule has 0 aliphatic heterocycles. The smallest absolute Gasteiger partial charge is 0.244 e. The largest absolute Gasteiger partial charge is 0.344 e. The lowest BCUT2D eigenvalue weighted by atomic mass is 9.49. The van der Waals surface area contributed by atoms with Crippen molar-refractivity contribution in [3.8, 4) is 0 Å². The summed E-state index contributed by atoms with van der Waals surface area (Å²) in [5.74, 6) is 2.23. The first-order chi connectivity index (χ1) is 13.9. The lowest BCUT2D eigenvalue weighted by molar-refractivity contribution is -0.149. The molecule has 4 fully saturated rings. The van der Waals surface area contributed by atoms with Crippen LogP contribution in [0.2, 0.25) is 0 Å². The molecule has 154 valence electrons. The van der Waals surface area contributed by atoms with Crippen molar-refractivity contribution in [2.45, 2.75) is 58.0 Å². The highest BCUT2D eigenvalue weighted by Gasteiger charge is 2.54. The number of hydrogen-bond acceptors (Lipinski definition) is 4. The summed E-state index contributed by atoms with van der Waals surface area (Å²) in [5.41, 5.74) is 0.756. The van der Waals surface area contributed by atoms with Crippen LogP contribution in [0.5, 0.6) is 0 Å². The number of amides is 2. The van der Waals surface area contributed by atoms with Crippen molar-refractivity contribution in [3.05, 3.63) is 29.3 Å². The molecule has 5 nitrogen and oxygen atoms in total. The van der Waals surface area contributed by atoms with Crippen molar-refractivity contribution in [2.75, 3.05) is 7.05 Å². The third-order valence-corrected chi connectivity index (χ3v) is 8.35. The number of likely N-dealkylation sites (N-methyl/N-ethyl adjacent to an activating group) is 1. The number of carbonyl (C=O) groups is 2. The lowest BCUT2D eigenvalue weighted by Gasteiger charge is -2.55. The standard InChI is InChI=1S/C23H29N3O2S/c1-14(21(27)26(2)13-20-25-18-5-3-4-6-19(18)29-20)24-22(28)23-10-15-7-16(11-23)9-17(8-15)12-23/h3-6,14-17H,7-13H2,1-2H3,(H,24,28)/t14-,15?,16?,17?,23?/m0/s1. The van der Waals surface area contributed by atoms with Crippen molar-refractivity contribution < 1.29 is 9.59 Å². The molecule has 1 N–H and O–H groups in total. The average Bonchev–Trinajstić information content (AvgIpc) is 3.08. The van der Waals surface area contributed by atoms with E-state index in [0.717, 1.165) is 52.2 Å². The molecule has 1 aromatic carbocycles. The summed E-state index contributed by atoms with van der Waals surface area (Å²) in [4.78, 5) is 32.4. The Kier molecular flexibility index (Phi) is 4.65. The van der Waals surface area contributed by atoms with E-state index in [1.807, 2.05) is 31.2 Å². The van der Waals surface area contributed by atoms with Gasteiger partial charge in [-0.1, -0.05) is 12.1 Å². The number of fused-ring (bicyclic) bond motifs is 1. The molecule has 2 amide bonds. The Morgan fingerprint density at radius 1 is 1.17 bits per heavy atom. The average molecular weight is 412 g/mol. The van der Waals surface area contributed by atoms with E-state index >= 15 is 0 Å². The summed E-state index contributed by atoms with van der Waals surface area (Å²) in [6.45, 7) is 2.28. The van der Waals surface area contributed by atoms with E-state index in [4.69, 9.17) is 0 Å². The highest BCUT2D eigenvalue weighted by atomic mass is 32.1. The molecule has 4 saturated carbocycles. The van der Waals surface area contributed by atoms with Crippen LogP contribution in [0.4, 0.5) is 0 Å². The van der Waals surface area contributed by atoms with Crippen LogP contribution in [0, 0.1) is 23.2 Å². The molecule has 6 heteroatoms. The van der Waals surface area contributed by atoms with Crippen molar-refractivity contribution in [2.24, 2.45) is 23.2 Å². The predicted octanol–water partition coefficient (Wildman–Crippen LogP) is 3.98. The maximum atomic E-state index is 13.2. The molecule has 29 heavy (non-hydrogen) atoms. The van der Waals surface area contributed by atoms with Gasteiger partial charge in [-0.05, 0) is 75.3 Å². The van der Waals surface area contributed by atoms with Crippen molar-refractivity contribution in [3.63, 3.8) is 0 Å². The quantitative estimate of drug-likeness (QED) is 0.810. The number of rotatable bonds is 5. The van der Waals surface area contributed by atoms with E-state index in [-0.39, 0.29) is 17.2 Å². The Balaban J connectivity index is 1.22. The van der Waals surface area contributed by atoms with Gasteiger partial charge in [0.1, 0.15) is 11.0 Å². The van der Waals surface area contributed by atoms with E-state index in [1.165, 1.54) is 19.3 Å². The first-order valence-electron chi connectivity index (χ1n) is 10.8. The van der Waals surface area contributed by atoms with Gasteiger partial charge in [-0.3, -0.25) is 9.59 Å². The molecule has 0 spiro atoms. The molecule has 0 saturated heterocycles. The van der Waals surface area contributed by atoms with Crippen molar-refractivity contribution in [1.82, 2.24) is 15.2 Å². The Bertz CT molecular complexity index is 884. The lowest BCUT2D eigenvalue weighted by Crippen LogP contribution is -2.56. The van der Waals surface area contributed by atoms with Gasteiger partial charge in [0, 0.05) is 12.5 Å². The van der Waals surface area contributed by atoms with E-state index in [9.17, 15) is 9.59 Å². The third-order valence-electron chi connectivity index (χ3n) is 7.32. The summed E-state index contributed by atoms with van der Waals surface area (Å²) in [5, 5.41) is 4.00. The Morgan fingerprint density at radius 3 is 2.41 bits per heavy atom. The minimum atomic E-state index is -0.505. The molecular weight excluding hydrogens is 382 g/mol. The van der Waals surface area contributed by atoms with Gasteiger partial charge in [-0.15, -0.1) is 11.3 Å². The van der Waals surface area contributed by atoms with Gasteiger partial charge >= 0.3 is 0 Å². The van der Waals surface area contributed by atoms with E-state index < -0.39 is 6.04 Å². The van der Waals surface area contributed by atoms with Gasteiger partial charge in [0.05, 0.1) is 16.8 Å². The summed E-state index contributed by atoms with van der Waals surface area (Å²) in [6, 6.07) is 7.51. The minimum absolute atomic E-state index is 0.0534. The van der Waals surface area contributed by atoms with E-state index in [0.29, 0.717) is 6.54 Å². The fourth-order valence-electron chi connectivity index (χ4n) is 6.40. The molecule has 0 unspecified atom stereocenters. The highest BCUT2D eigenvalue weighted by Crippen LogP contribution is 2.60. The number of nitrogens with zero attached hydrogens (tertiary/aromatic N) is 2. The summed E-state index contributed by atoms with van der Waals surface area (Å²) < 4.78 is 1.13. The van der Waals surface area contributed by atoms with Crippen LogP contribution in [0.1, 0.15) is 50.5 Å². The first kappa shape index (κ1) is 19.0. The van der Waals surface area contributed by atoms with Gasteiger partial charge in [-0.2, -0.15) is 0 Å². The normalized spacial score (nSPS) is 31.0. The highest BCUT2D eigenvalue weighted by molar-refractivity contribution is 7.18. The van der Waals surface area contributed by atoms with Crippen LogP contribution in [0.3, 0.4) is 0 Å². The van der Waals surface area contributed by atoms with E-state index in [2.05, 4.69) is 10.3 Å². The molecule has 0 radical (unpaired) electrons. The number of hydrogen-bond donors (Lipinski definition) is 1. The van der Waals surface area contributed by atoms with Crippen molar-refractivity contribution >= 4 is 33.4 Å². The molecule has 1 heterocycles. The topological polar surface area (TPSA) is 62.3 Å². The van der Waals surface area contributed by atoms with Crippen LogP contribution >= 0.6 is 11.3 Å². The van der Waals surface area contributed by atoms with Gasteiger partial charge in [-0.25, -0.2) is 4.98 Å². The van der Waals surface area contributed by atoms with Gasteiger partial charge in [0.25, 0.3) is 0 Å². The second kappa shape index (κ2) is 7.08. The maximum Gasteiger partial charge on any atom is 0.244 e. The fourth-order valence-corrected chi connectivity index (χ4v) is 7.42.